The highest BCUT2D eigenvalue weighted by Gasteiger charge is 2.31. The first-order valence-electron chi connectivity index (χ1n) is 7.37. The monoisotopic (exact) mass is 249 g/mol. The maximum Gasteiger partial charge on any atom is 0.0728 e. The minimum Gasteiger partial charge on any atom is -0.379 e. The summed E-state index contributed by atoms with van der Waals surface area (Å²) in [7, 11) is 0. The molecule has 1 aliphatic rings. The molecule has 3 heteroatoms. The highest BCUT2D eigenvalue weighted by molar-refractivity contribution is 5.40. The molecule has 2 rings (SSSR count). The van der Waals surface area contributed by atoms with Gasteiger partial charge in [0.2, 0.25) is 0 Å². The maximum absolute atomic E-state index is 4.40. The predicted molar refractivity (Wildman–Crippen MR) is 76.8 cm³/mol. The van der Waals surface area contributed by atoms with Crippen molar-refractivity contribution in [1.82, 2.24) is 9.78 Å². The van der Waals surface area contributed by atoms with Gasteiger partial charge in [0.15, 0.2) is 0 Å². The fraction of sp³-hybridized carbons (Fsp3) is 0.800. The first kappa shape index (κ1) is 13.4. The van der Waals surface area contributed by atoms with E-state index in [1.54, 1.807) is 0 Å². The zero-order chi connectivity index (χ0) is 13.1. The molecule has 0 bridgehead atoms. The third-order valence-electron chi connectivity index (χ3n) is 3.73. The molecule has 1 N–H and O–H groups in total. The number of anilines is 1. The lowest BCUT2D eigenvalue weighted by Gasteiger charge is -2.19. The zero-order valence-electron chi connectivity index (χ0n) is 12.2. The Morgan fingerprint density at radius 3 is 2.50 bits per heavy atom. The number of aromatic nitrogens is 2. The van der Waals surface area contributed by atoms with Gasteiger partial charge >= 0.3 is 0 Å². The van der Waals surface area contributed by atoms with E-state index in [9.17, 15) is 0 Å². The first-order chi connectivity index (χ1) is 8.56. The normalized spacial score (nSPS) is 17.4. The fourth-order valence-electron chi connectivity index (χ4n) is 2.35. The van der Waals surface area contributed by atoms with Crippen LogP contribution in [0.1, 0.15) is 59.4 Å². The molecule has 3 nitrogen and oxygen atoms in total. The molecule has 1 fully saturated rings. The highest BCUT2D eigenvalue weighted by atomic mass is 15.3. The lowest BCUT2D eigenvalue weighted by molar-refractivity contribution is 0.486. The molecule has 102 valence electrons. The minimum absolute atomic E-state index is 0.440. The molecule has 1 saturated carbocycles. The summed E-state index contributed by atoms with van der Waals surface area (Å²) in [6.07, 6.45) is 9.49. The summed E-state index contributed by atoms with van der Waals surface area (Å²) in [4.78, 5) is 0. The number of hydrogen-bond acceptors (Lipinski definition) is 2. The fourth-order valence-corrected chi connectivity index (χ4v) is 2.35. The summed E-state index contributed by atoms with van der Waals surface area (Å²) in [5.41, 5.74) is 1.18. The second-order valence-electron chi connectivity index (χ2n) is 6.36. The van der Waals surface area contributed by atoms with Crippen LogP contribution in [0.5, 0.6) is 0 Å². The van der Waals surface area contributed by atoms with E-state index in [-0.39, 0.29) is 0 Å². The molecule has 18 heavy (non-hydrogen) atoms. The summed E-state index contributed by atoms with van der Waals surface area (Å²) < 4.78 is 2.02. The van der Waals surface area contributed by atoms with E-state index in [1.165, 1.54) is 31.4 Å². The van der Waals surface area contributed by atoms with E-state index in [4.69, 9.17) is 0 Å². The summed E-state index contributed by atoms with van der Waals surface area (Å²) in [5, 5.41) is 8.09. The van der Waals surface area contributed by atoms with E-state index >= 15 is 0 Å². The van der Waals surface area contributed by atoms with Crippen LogP contribution in [0.2, 0.25) is 0 Å². The van der Waals surface area contributed by atoms with Crippen molar-refractivity contribution in [2.24, 2.45) is 11.8 Å². The Bertz CT molecular complexity index is 364. The average molecular weight is 249 g/mol. The Hall–Kier alpha value is -0.990. The molecule has 0 amide bonds. The summed E-state index contributed by atoms with van der Waals surface area (Å²) in [5.74, 6) is 1.69. The van der Waals surface area contributed by atoms with Crippen LogP contribution in [-0.4, -0.2) is 15.8 Å². The Morgan fingerprint density at radius 2 is 2.00 bits per heavy atom. The van der Waals surface area contributed by atoms with E-state index in [0.29, 0.717) is 12.1 Å². The number of nitrogens with zero attached hydrogens (tertiary/aromatic N) is 2. The van der Waals surface area contributed by atoms with E-state index in [2.05, 4.69) is 44.3 Å². The van der Waals surface area contributed by atoms with Crippen LogP contribution in [0.25, 0.3) is 0 Å². The van der Waals surface area contributed by atoms with Gasteiger partial charge in [0, 0.05) is 18.3 Å². The molecule has 1 aliphatic carbocycles. The largest absolute Gasteiger partial charge is 0.379 e. The van der Waals surface area contributed by atoms with Crippen molar-refractivity contribution in [3.05, 3.63) is 12.4 Å². The maximum atomic E-state index is 4.40. The Kier molecular flexibility index (Phi) is 4.31. The molecule has 0 radical (unpaired) electrons. The van der Waals surface area contributed by atoms with Gasteiger partial charge in [-0.1, -0.05) is 13.8 Å². The van der Waals surface area contributed by atoms with Crippen molar-refractivity contribution in [3.8, 4) is 0 Å². The van der Waals surface area contributed by atoms with Gasteiger partial charge in [-0.3, -0.25) is 4.68 Å². The first-order valence-corrected chi connectivity index (χ1v) is 7.37. The molecule has 0 saturated heterocycles. The van der Waals surface area contributed by atoms with E-state index in [1.807, 2.05) is 10.9 Å². The van der Waals surface area contributed by atoms with Crippen molar-refractivity contribution in [2.75, 3.05) is 5.32 Å². The third kappa shape index (κ3) is 3.76. The average Bonchev–Trinajstić information content (AvgIpc) is 3.03. The summed E-state index contributed by atoms with van der Waals surface area (Å²) >= 11 is 0. The molecule has 0 spiro atoms. The molecule has 1 heterocycles. The molecular weight excluding hydrogens is 222 g/mol. The number of hydrogen-bond donors (Lipinski definition) is 1. The Balaban J connectivity index is 1.90. The predicted octanol–water partition coefficient (Wildman–Crippen LogP) is 4.09. The van der Waals surface area contributed by atoms with Gasteiger partial charge in [0.1, 0.15) is 0 Å². The molecule has 0 aromatic carbocycles. The van der Waals surface area contributed by atoms with Gasteiger partial charge in [0.05, 0.1) is 11.9 Å². The second kappa shape index (κ2) is 5.77. The van der Waals surface area contributed by atoms with Gasteiger partial charge in [-0.15, -0.1) is 0 Å². The van der Waals surface area contributed by atoms with E-state index in [0.717, 1.165) is 11.8 Å². The van der Waals surface area contributed by atoms with Crippen molar-refractivity contribution in [2.45, 2.75) is 65.5 Å². The SMILES string of the molecule is CC(C)CCC(Nc1cnn(C(C)C)c1)C1CC1. The smallest absolute Gasteiger partial charge is 0.0728 e. The summed E-state index contributed by atoms with van der Waals surface area (Å²) in [6.45, 7) is 8.93. The molecular formula is C15H27N3. The quantitative estimate of drug-likeness (QED) is 0.788. The van der Waals surface area contributed by atoms with E-state index < -0.39 is 0 Å². The Labute approximate surface area is 111 Å². The minimum atomic E-state index is 0.440. The van der Waals surface area contributed by atoms with Crippen LogP contribution in [0.3, 0.4) is 0 Å². The lowest BCUT2D eigenvalue weighted by Crippen LogP contribution is -2.22. The van der Waals surface area contributed by atoms with Gasteiger partial charge in [-0.25, -0.2) is 0 Å². The van der Waals surface area contributed by atoms with Crippen LogP contribution in [0.4, 0.5) is 5.69 Å². The van der Waals surface area contributed by atoms with Crippen LogP contribution in [0, 0.1) is 11.8 Å². The topological polar surface area (TPSA) is 29.9 Å². The second-order valence-corrected chi connectivity index (χ2v) is 6.36. The van der Waals surface area contributed by atoms with Gasteiger partial charge in [-0.2, -0.15) is 5.10 Å². The number of rotatable bonds is 7. The molecule has 0 aliphatic heterocycles. The highest BCUT2D eigenvalue weighted by Crippen LogP contribution is 2.36. The molecule has 1 aromatic heterocycles. The van der Waals surface area contributed by atoms with Crippen molar-refractivity contribution >= 4 is 5.69 Å². The molecule has 1 unspecified atom stereocenters. The van der Waals surface area contributed by atoms with Crippen LogP contribution in [-0.2, 0) is 0 Å². The van der Waals surface area contributed by atoms with Crippen molar-refractivity contribution < 1.29 is 0 Å². The standard InChI is InChI=1S/C15H27N3/c1-11(2)5-8-15(13-6-7-13)17-14-9-16-18(10-14)12(3)4/h9-13,15,17H,5-8H2,1-4H3. The van der Waals surface area contributed by atoms with Crippen LogP contribution < -0.4 is 5.32 Å². The Morgan fingerprint density at radius 1 is 1.28 bits per heavy atom. The zero-order valence-corrected chi connectivity index (χ0v) is 12.2. The van der Waals surface area contributed by atoms with Crippen LogP contribution >= 0.6 is 0 Å². The lowest BCUT2D eigenvalue weighted by atomic mass is 10.0. The molecule has 1 atom stereocenters. The number of nitrogens with one attached hydrogen (secondary N) is 1. The summed E-state index contributed by atoms with van der Waals surface area (Å²) in [6, 6.07) is 1.09. The van der Waals surface area contributed by atoms with Crippen LogP contribution in [0.15, 0.2) is 12.4 Å². The third-order valence-corrected chi connectivity index (χ3v) is 3.73. The van der Waals surface area contributed by atoms with Gasteiger partial charge < -0.3 is 5.32 Å². The van der Waals surface area contributed by atoms with Crippen molar-refractivity contribution in [1.29, 1.82) is 0 Å². The van der Waals surface area contributed by atoms with Crippen molar-refractivity contribution in [3.63, 3.8) is 0 Å². The van der Waals surface area contributed by atoms with Gasteiger partial charge in [0.25, 0.3) is 0 Å². The molecule has 1 aromatic rings. The van der Waals surface area contributed by atoms with Gasteiger partial charge in [-0.05, 0) is 51.4 Å².